The summed E-state index contributed by atoms with van der Waals surface area (Å²) in [5.74, 6) is 0. The largest absolute Gasteiger partial charge is 0.308 e. The van der Waals surface area contributed by atoms with Crippen LogP contribution in [0.2, 0.25) is 0 Å². The molecule has 1 unspecified atom stereocenters. The van der Waals surface area contributed by atoms with Gasteiger partial charge in [-0.25, -0.2) is 0 Å². The number of nitrogens with one attached hydrogen (secondary N) is 1. The molecule has 0 spiro atoms. The third kappa shape index (κ3) is 3.67. The second-order valence-electron chi connectivity index (χ2n) is 5.03. The summed E-state index contributed by atoms with van der Waals surface area (Å²) in [6.45, 7) is 8.25. The maximum Gasteiger partial charge on any atom is 0.0607 e. The number of rotatable bonds is 6. The molecule has 102 valence electrons. The second-order valence-corrected chi connectivity index (χ2v) is 5.03. The van der Waals surface area contributed by atoms with Crippen LogP contribution in [0.5, 0.6) is 0 Å². The maximum atomic E-state index is 4.56. The van der Waals surface area contributed by atoms with Crippen LogP contribution in [0.4, 0.5) is 0 Å². The molecule has 0 saturated carbocycles. The van der Waals surface area contributed by atoms with Gasteiger partial charge in [0.2, 0.25) is 0 Å². The number of aryl methyl sites for hydroxylation is 2. The zero-order valence-corrected chi connectivity index (χ0v) is 12.1. The summed E-state index contributed by atoms with van der Waals surface area (Å²) in [7, 11) is 0. The molecule has 0 radical (unpaired) electrons. The van der Waals surface area contributed by atoms with Gasteiger partial charge in [-0.3, -0.25) is 4.68 Å². The van der Waals surface area contributed by atoms with E-state index in [0.717, 1.165) is 25.2 Å². The third-order valence-corrected chi connectivity index (χ3v) is 3.30. The summed E-state index contributed by atoms with van der Waals surface area (Å²) in [5.41, 5.74) is 3.63. The van der Waals surface area contributed by atoms with E-state index in [4.69, 9.17) is 0 Å². The standard InChI is InChI=1S/C16H23N3/c1-4-10-17-16(15-8-6-5-7-9-15)12-19-14(3)11-13(2)18-19/h5-9,11,16-17H,4,10,12H2,1-3H3. The molecule has 0 fully saturated rings. The lowest BCUT2D eigenvalue weighted by molar-refractivity contribution is 0.432. The van der Waals surface area contributed by atoms with E-state index >= 15 is 0 Å². The summed E-state index contributed by atoms with van der Waals surface area (Å²) >= 11 is 0. The molecular formula is C16H23N3. The van der Waals surface area contributed by atoms with Crippen molar-refractivity contribution in [2.75, 3.05) is 6.54 Å². The molecule has 19 heavy (non-hydrogen) atoms. The molecule has 0 aliphatic heterocycles. The van der Waals surface area contributed by atoms with Gasteiger partial charge in [0.1, 0.15) is 0 Å². The molecule has 0 saturated heterocycles. The summed E-state index contributed by atoms with van der Waals surface area (Å²) in [4.78, 5) is 0. The summed E-state index contributed by atoms with van der Waals surface area (Å²) in [6.07, 6.45) is 1.14. The van der Waals surface area contributed by atoms with Gasteiger partial charge in [0.25, 0.3) is 0 Å². The SMILES string of the molecule is CCCNC(Cn1nc(C)cc1C)c1ccccc1. The van der Waals surface area contributed by atoms with Crippen LogP contribution in [-0.2, 0) is 6.54 Å². The Balaban J connectivity index is 2.16. The summed E-state index contributed by atoms with van der Waals surface area (Å²) in [6, 6.07) is 13.1. The van der Waals surface area contributed by atoms with Gasteiger partial charge < -0.3 is 5.32 Å². The molecule has 1 heterocycles. The Morgan fingerprint density at radius 2 is 1.95 bits per heavy atom. The van der Waals surface area contributed by atoms with E-state index in [9.17, 15) is 0 Å². The van der Waals surface area contributed by atoms with Gasteiger partial charge in [0.05, 0.1) is 18.3 Å². The van der Waals surface area contributed by atoms with E-state index in [1.54, 1.807) is 0 Å². The molecule has 2 rings (SSSR count). The first-order valence-electron chi connectivity index (χ1n) is 7.00. The number of hydrogen-bond acceptors (Lipinski definition) is 2. The maximum absolute atomic E-state index is 4.56. The van der Waals surface area contributed by atoms with Crippen molar-refractivity contribution >= 4 is 0 Å². The quantitative estimate of drug-likeness (QED) is 0.861. The van der Waals surface area contributed by atoms with E-state index in [2.05, 4.69) is 65.3 Å². The van der Waals surface area contributed by atoms with E-state index in [1.807, 2.05) is 6.92 Å². The fraction of sp³-hybridized carbons (Fsp3) is 0.438. The highest BCUT2D eigenvalue weighted by Crippen LogP contribution is 2.16. The van der Waals surface area contributed by atoms with Crippen LogP contribution in [0, 0.1) is 13.8 Å². The first kappa shape index (κ1) is 13.8. The highest BCUT2D eigenvalue weighted by molar-refractivity contribution is 5.19. The summed E-state index contributed by atoms with van der Waals surface area (Å²) < 4.78 is 2.09. The Kier molecular flexibility index (Phi) is 4.74. The van der Waals surface area contributed by atoms with Crippen molar-refractivity contribution in [1.82, 2.24) is 15.1 Å². The lowest BCUT2D eigenvalue weighted by atomic mass is 10.1. The molecule has 1 aromatic carbocycles. The van der Waals surface area contributed by atoms with Crippen molar-refractivity contribution in [1.29, 1.82) is 0 Å². The predicted molar refractivity (Wildman–Crippen MR) is 79.2 cm³/mol. The third-order valence-electron chi connectivity index (χ3n) is 3.30. The minimum absolute atomic E-state index is 0.319. The fourth-order valence-electron chi connectivity index (χ4n) is 2.32. The van der Waals surface area contributed by atoms with Gasteiger partial charge in [-0.1, -0.05) is 37.3 Å². The monoisotopic (exact) mass is 257 g/mol. The van der Waals surface area contributed by atoms with Crippen LogP contribution >= 0.6 is 0 Å². The smallest absolute Gasteiger partial charge is 0.0607 e. The lowest BCUT2D eigenvalue weighted by Crippen LogP contribution is -2.27. The van der Waals surface area contributed by atoms with Gasteiger partial charge in [0.15, 0.2) is 0 Å². The Labute approximate surface area is 115 Å². The molecule has 0 aliphatic rings. The minimum Gasteiger partial charge on any atom is -0.308 e. The van der Waals surface area contributed by atoms with Crippen LogP contribution in [0.3, 0.4) is 0 Å². The zero-order chi connectivity index (χ0) is 13.7. The highest BCUT2D eigenvalue weighted by atomic mass is 15.3. The van der Waals surface area contributed by atoms with Crippen LogP contribution in [0.25, 0.3) is 0 Å². The van der Waals surface area contributed by atoms with Gasteiger partial charge in [-0.15, -0.1) is 0 Å². The van der Waals surface area contributed by atoms with Crippen molar-refractivity contribution < 1.29 is 0 Å². The number of aromatic nitrogens is 2. The summed E-state index contributed by atoms with van der Waals surface area (Å²) in [5, 5.41) is 8.17. The van der Waals surface area contributed by atoms with E-state index in [0.29, 0.717) is 6.04 Å². The normalized spacial score (nSPS) is 12.6. The molecule has 1 atom stereocenters. The van der Waals surface area contributed by atoms with Gasteiger partial charge >= 0.3 is 0 Å². The number of nitrogens with zero attached hydrogens (tertiary/aromatic N) is 2. The average Bonchev–Trinajstić information content (AvgIpc) is 2.73. The van der Waals surface area contributed by atoms with Crippen molar-refractivity contribution in [3.63, 3.8) is 0 Å². The van der Waals surface area contributed by atoms with Gasteiger partial charge in [0, 0.05) is 5.69 Å². The minimum atomic E-state index is 0.319. The Morgan fingerprint density at radius 1 is 1.21 bits per heavy atom. The topological polar surface area (TPSA) is 29.9 Å². The van der Waals surface area contributed by atoms with E-state index < -0.39 is 0 Å². The van der Waals surface area contributed by atoms with Gasteiger partial charge in [-0.2, -0.15) is 5.10 Å². The molecular weight excluding hydrogens is 234 g/mol. The zero-order valence-electron chi connectivity index (χ0n) is 12.1. The van der Waals surface area contributed by atoms with Gasteiger partial charge in [-0.05, 0) is 38.4 Å². The molecule has 2 aromatic rings. The molecule has 0 amide bonds. The molecule has 1 N–H and O–H groups in total. The average molecular weight is 257 g/mol. The van der Waals surface area contributed by atoms with Crippen molar-refractivity contribution in [3.05, 3.63) is 53.3 Å². The van der Waals surface area contributed by atoms with Crippen LogP contribution < -0.4 is 5.32 Å². The predicted octanol–water partition coefficient (Wildman–Crippen LogP) is 3.24. The second kappa shape index (κ2) is 6.53. The van der Waals surface area contributed by atoms with Crippen LogP contribution in [-0.4, -0.2) is 16.3 Å². The Morgan fingerprint density at radius 3 is 2.53 bits per heavy atom. The van der Waals surface area contributed by atoms with E-state index in [-0.39, 0.29) is 0 Å². The molecule has 3 heteroatoms. The molecule has 0 aliphatic carbocycles. The first-order valence-corrected chi connectivity index (χ1v) is 7.00. The van der Waals surface area contributed by atoms with Crippen molar-refractivity contribution in [2.45, 2.75) is 39.8 Å². The van der Waals surface area contributed by atoms with Crippen LogP contribution in [0.1, 0.15) is 36.3 Å². The highest BCUT2D eigenvalue weighted by Gasteiger charge is 2.12. The number of benzene rings is 1. The lowest BCUT2D eigenvalue weighted by Gasteiger charge is -2.20. The van der Waals surface area contributed by atoms with E-state index in [1.165, 1.54) is 11.3 Å². The van der Waals surface area contributed by atoms with Crippen LogP contribution in [0.15, 0.2) is 36.4 Å². The van der Waals surface area contributed by atoms with Crippen molar-refractivity contribution in [2.24, 2.45) is 0 Å². The Bertz CT molecular complexity index is 502. The van der Waals surface area contributed by atoms with Crippen molar-refractivity contribution in [3.8, 4) is 0 Å². The fourth-order valence-corrected chi connectivity index (χ4v) is 2.32. The first-order chi connectivity index (χ1) is 9.20. The molecule has 1 aromatic heterocycles. The molecule has 0 bridgehead atoms. The molecule has 3 nitrogen and oxygen atoms in total. The number of hydrogen-bond donors (Lipinski definition) is 1. The Hall–Kier alpha value is -1.61.